The summed E-state index contributed by atoms with van der Waals surface area (Å²) in [6.45, 7) is 1.65. The van der Waals surface area contributed by atoms with Crippen molar-refractivity contribution < 1.29 is 22.7 Å². The largest absolute Gasteiger partial charge is 0.495 e. The first-order valence-electron chi connectivity index (χ1n) is 10.7. The zero-order valence-corrected chi connectivity index (χ0v) is 20.8. The Morgan fingerprint density at radius 1 is 0.914 bits per heavy atom. The van der Waals surface area contributed by atoms with E-state index in [1.807, 2.05) is 6.07 Å². The van der Waals surface area contributed by atoms with Gasteiger partial charge in [0, 0.05) is 31.0 Å². The number of para-hydroxylation sites is 2. The van der Waals surface area contributed by atoms with Gasteiger partial charge >= 0.3 is 0 Å². The molecule has 3 aromatic carbocycles. The van der Waals surface area contributed by atoms with Crippen molar-refractivity contribution in [2.24, 2.45) is 0 Å². The van der Waals surface area contributed by atoms with Gasteiger partial charge in [-0.15, -0.1) is 0 Å². The zero-order chi connectivity index (χ0) is 25.6. The number of anilines is 3. The van der Waals surface area contributed by atoms with Crippen molar-refractivity contribution in [1.82, 2.24) is 4.31 Å². The van der Waals surface area contributed by atoms with E-state index in [9.17, 15) is 18.0 Å². The second-order valence-corrected chi connectivity index (χ2v) is 10.0. The molecule has 10 heteroatoms. The molecule has 3 aromatic rings. The van der Waals surface area contributed by atoms with Gasteiger partial charge in [0.2, 0.25) is 15.9 Å². The van der Waals surface area contributed by atoms with Crippen LogP contribution in [0, 0.1) is 6.92 Å². The van der Waals surface area contributed by atoms with E-state index in [4.69, 9.17) is 4.74 Å². The maximum atomic E-state index is 12.5. The van der Waals surface area contributed by atoms with Crippen LogP contribution in [-0.2, 0) is 14.8 Å². The van der Waals surface area contributed by atoms with Crippen LogP contribution in [0.25, 0.3) is 0 Å². The van der Waals surface area contributed by atoms with Crippen molar-refractivity contribution in [2.75, 3.05) is 43.7 Å². The number of nitrogens with one attached hydrogen (secondary N) is 3. The Morgan fingerprint density at radius 2 is 1.57 bits per heavy atom. The number of aryl methyl sites for hydroxylation is 1. The molecule has 0 bridgehead atoms. The number of hydrogen-bond acceptors (Lipinski definition) is 6. The number of rotatable bonds is 9. The van der Waals surface area contributed by atoms with E-state index in [1.165, 1.54) is 27.3 Å². The molecule has 0 aliphatic carbocycles. The van der Waals surface area contributed by atoms with Gasteiger partial charge in [-0.1, -0.05) is 18.2 Å². The van der Waals surface area contributed by atoms with E-state index < -0.39 is 10.0 Å². The number of hydrogen-bond donors (Lipinski definition) is 3. The molecule has 0 saturated heterocycles. The third-order valence-corrected chi connectivity index (χ3v) is 7.14. The van der Waals surface area contributed by atoms with E-state index in [1.54, 1.807) is 61.5 Å². The first kappa shape index (κ1) is 25.7. The van der Waals surface area contributed by atoms with Crippen molar-refractivity contribution in [3.63, 3.8) is 0 Å². The van der Waals surface area contributed by atoms with Crippen LogP contribution in [-0.4, -0.2) is 52.3 Å². The summed E-state index contributed by atoms with van der Waals surface area (Å²) < 4.78 is 31.3. The molecular formula is C25H28N4O5S. The highest BCUT2D eigenvalue weighted by atomic mass is 32.2. The van der Waals surface area contributed by atoms with Crippen molar-refractivity contribution in [3.05, 3.63) is 77.9 Å². The van der Waals surface area contributed by atoms with Gasteiger partial charge in [0.1, 0.15) is 5.75 Å². The van der Waals surface area contributed by atoms with Crippen LogP contribution in [0.2, 0.25) is 0 Å². The quantitative estimate of drug-likeness (QED) is 0.417. The molecule has 0 heterocycles. The molecule has 0 aliphatic rings. The van der Waals surface area contributed by atoms with Crippen LogP contribution in [0.4, 0.5) is 17.1 Å². The second-order valence-electron chi connectivity index (χ2n) is 7.90. The van der Waals surface area contributed by atoms with Gasteiger partial charge in [0.15, 0.2) is 0 Å². The third kappa shape index (κ3) is 6.37. The summed E-state index contributed by atoms with van der Waals surface area (Å²) in [6, 6.07) is 18.5. The maximum Gasteiger partial charge on any atom is 0.255 e. The van der Waals surface area contributed by atoms with Gasteiger partial charge in [0.25, 0.3) is 5.91 Å². The van der Waals surface area contributed by atoms with Gasteiger partial charge in [-0.2, -0.15) is 0 Å². The fourth-order valence-corrected chi connectivity index (χ4v) is 4.36. The summed E-state index contributed by atoms with van der Waals surface area (Å²) in [5.74, 6) is -0.0806. The third-order valence-electron chi connectivity index (χ3n) is 5.19. The minimum absolute atomic E-state index is 0.0689. The number of carbonyl (C=O) groups is 2. The standard InChI is InChI=1S/C25H28N4O5S/c1-17-9-12-20(15-23(17)35(32,33)29(2)3)26-16-24(30)27-19-13-10-18(11-14-19)25(31)28-21-7-5-6-8-22(21)34-4/h5-15,26H,16H2,1-4H3,(H,27,30)(H,28,31). The molecule has 0 aromatic heterocycles. The summed E-state index contributed by atoms with van der Waals surface area (Å²) in [5, 5.41) is 8.48. The highest BCUT2D eigenvalue weighted by molar-refractivity contribution is 7.89. The molecule has 9 nitrogen and oxygen atoms in total. The molecule has 0 saturated carbocycles. The van der Waals surface area contributed by atoms with E-state index >= 15 is 0 Å². The number of amides is 2. The van der Waals surface area contributed by atoms with Crippen molar-refractivity contribution >= 4 is 38.9 Å². The predicted molar refractivity (Wildman–Crippen MR) is 137 cm³/mol. The smallest absolute Gasteiger partial charge is 0.255 e. The molecule has 0 radical (unpaired) electrons. The van der Waals surface area contributed by atoms with Crippen molar-refractivity contribution in [3.8, 4) is 5.75 Å². The Hall–Kier alpha value is -3.89. The molecule has 0 fully saturated rings. The van der Waals surface area contributed by atoms with Gasteiger partial charge < -0.3 is 20.7 Å². The molecule has 0 aliphatic heterocycles. The lowest BCUT2D eigenvalue weighted by Gasteiger charge is -2.15. The highest BCUT2D eigenvalue weighted by Gasteiger charge is 2.20. The summed E-state index contributed by atoms with van der Waals surface area (Å²) in [5.41, 5.74) is 2.62. The fourth-order valence-electron chi connectivity index (χ4n) is 3.22. The Balaban J connectivity index is 1.59. The average Bonchev–Trinajstić information content (AvgIpc) is 2.84. The second kappa shape index (κ2) is 11.0. The average molecular weight is 497 g/mol. The maximum absolute atomic E-state index is 12.5. The first-order valence-corrected chi connectivity index (χ1v) is 12.2. The first-order chi connectivity index (χ1) is 16.6. The van der Waals surface area contributed by atoms with Gasteiger partial charge in [-0.05, 0) is 61.0 Å². The number of methoxy groups -OCH3 is 1. The Labute approximate surface area is 205 Å². The monoisotopic (exact) mass is 496 g/mol. The molecular weight excluding hydrogens is 468 g/mol. The van der Waals surface area contributed by atoms with E-state index in [2.05, 4.69) is 16.0 Å². The van der Waals surface area contributed by atoms with Crippen LogP contribution in [0.15, 0.2) is 71.6 Å². The fraction of sp³-hybridized carbons (Fsp3) is 0.200. The van der Waals surface area contributed by atoms with Crippen molar-refractivity contribution in [2.45, 2.75) is 11.8 Å². The number of ether oxygens (including phenoxy) is 1. The topological polar surface area (TPSA) is 117 Å². The summed E-state index contributed by atoms with van der Waals surface area (Å²) >= 11 is 0. The van der Waals surface area contributed by atoms with Crippen LogP contribution < -0.4 is 20.7 Å². The summed E-state index contributed by atoms with van der Waals surface area (Å²) in [6.07, 6.45) is 0. The molecule has 0 unspecified atom stereocenters. The van der Waals surface area contributed by atoms with Crippen molar-refractivity contribution in [1.29, 1.82) is 0 Å². The lowest BCUT2D eigenvalue weighted by molar-refractivity contribution is -0.114. The van der Waals surface area contributed by atoms with Crippen LogP contribution in [0.1, 0.15) is 15.9 Å². The molecule has 3 N–H and O–H groups in total. The molecule has 0 atom stereocenters. The number of carbonyl (C=O) groups excluding carboxylic acids is 2. The van der Waals surface area contributed by atoms with E-state index in [0.717, 1.165) is 4.31 Å². The predicted octanol–water partition coefficient (Wildman–Crippen LogP) is 3.56. The normalized spacial score (nSPS) is 11.1. The van der Waals surface area contributed by atoms with Crippen LogP contribution in [0.3, 0.4) is 0 Å². The van der Waals surface area contributed by atoms with E-state index in [0.29, 0.717) is 33.9 Å². The summed E-state index contributed by atoms with van der Waals surface area (Å²) in [4.78, 5) is 25.1. The zero-order valence-electron chi connectivity index (χ0n) is 20.0. The van der Waals surface area contributed by atoms with Gasteiger partial charge in [0.05, 0.1) is 24.2 Å². The molecule has 2 amide bonds. The van der Waals surface area contributed by atoms with Gasteiger partial charge in [-0.25, -0.2) is 12.7 Å². The Kier molecular flexibility index (Phi) is 8.10. The van der Waals surface area contributed by atoms with Crippen LogP contribution in [0.5, 0.6) is 5.75 Å². The Bertz CT molecular complexity index is 1320. The number of nitrogens with zero attached hydrogens (tertiary/aromatic N) is 1. The SMILES string of the molecule is COc1ccccc1NC(=O)c1ccc(NC(=O)CNc2ccc(C)c(S(=O)(=O)N(C)C)c2)cc1. The highest BCUT2D eigenvalue weighted by Crippen LogP contribution is 2.24. The Morgan fingerprint density at radius 3 is 2.23 bits per heavy atom. The number of sulfonamides is 1. The summed E-state index contributed by atoms with van der Waals surface area (Å²) in [7, 11) is 0.865. The van der Waals surface area contributed by atoms with E-state index in [-0.39, 0.29) is 23.3 Å². The molecule has 0 spiro atoms. The molecule has 184 valence electrons. The van der Waals surface area contributed by atoms with Gasteiger partial charge in [-0.3, -0.25) is 9.59 Å². The minimum Gasteiger partial charge on any atom is -0.495 e. The lowest BCUT2D eigenvalue weighted by Crippen LogP contribution is -2.24. The molecule has 35 heavy (non-hydrogen) atoms. The number of benzene rings is 3. The van der Waals surface area contributed by atoms with Crippen LogP contribution >= 0.6 is 0 Å². The minimum atomic E-state index is -3.60. The molecule has 3 rings (SSSR count). The lowest BCUT2D eigenvalue weighted by atomic mass is 10.2.